The molecule has 0 unspecified atom stereocenters. The summed E-state index contributed by atoms with van der Waals surface area (Å²) >= 11 is 0. The van der Waals surface area contributed by atoms with E-state index in [1.54, 1.807) is 0 Å². The van der Waals surface area contributed by atoms with Crippen molar-refractivity contribution >= 4 is 70.4 Å². The summed E-state index contributed by atoms with van der Waals surface area (Å²) < 4.78 is 2.48. The Morgan fingerprint density at radius 2 is 0.755 bits per heavy atom. The number of fused-ring (bicyclic) bond motifs is 9. The molecular weight excluding hydrogens is 591 g/mol. The van der Waals surface area contributed by atoms with Crippen LogP contribution in [0.2, 0.25) is 0 Å². The molecule has 11 aromatic rings. The fourth-order valence-electron chi connectivity index (χ4n) is 8.70. The molecule has 49 heavy (non-hydrogen) atoms. The first-order valence-electron chi connectivity index (χ1n) is 17.0. The van der Waals surface area contributed by atoms with Crippen LogP contribution in [0.1, 0.15) is 0 Å². The molecule has 0 atom stereocenters. The van der Waals surface area contributed by atoms with Crippen LogP contribution < -0.4 is 0 Å². The summed E-state index contributed by atoms with van der Waals surface area (Å²) in [6, 6.07) is 64.9. The molecule has 0 aliphatic carbocycles. The van der Waals surface area contributed by atoms with Crippen LogP contribution in [0.3, 0.4) is 0 Å². The second kappa shape index (κ2) is 10.0. The smallest absolute Gasteiger partial charge is 0.0620 e. The minimum absolute atomic E-state index is 1.24. The summed E-state index contributed by atoms with van der Waals surface area (Å²) in [6.45, 7) is 0. The van der Waals surface area contributed by atoms with E-state index in [4.69, 9.17) is 0 Å². The summed E-state index contributed by atoms with van der Waals surface area (Å²) in [7, 11) is 0. The standard InChI is InChI=1S/C48H29N/c1-2-13-30(14-3-1)32-27-28-41(34-16-5-4-15-33(32)34)47-39-20-8-6-18-37(39)46(38-19-7-9-21-40(38)47)31-25-26-36-43-23-12-22-42-35-17-10-11-24-44(35)49(48(42)43)45(36)29-31/h1-29H. The summed E-state index contributed by atoms with van der Waals surface area (Å²) in [6.07, 6.45) is 0. The molecule has 226 valence electrons. The van der Waals surface area contributed by atoms with Gasteiger partial charge in [0, 0.05) is 21.5 Å². The summed E-state index contributed by atoms with van der Waals surface area (Å²) in [5.41, 5.74) is 11.4. The van der Waals surface area contributed by atoms with Gasteiger partial charge in [-0.25, -0.2) is 0 Å². The lowest BCUT2D eigenvalue weighted by Gasteiger charge is -2.19. The maximum absolute atomic E-state index is 2.48. The van der Waals surface area contributed by atoms with Crippen LogP contribution in [0.5, 0.6) is 0 Å². The molecule has 2 heterocycles. The first kappa shape index (κ1) is 26.6. The first-order chi connectivity index (χ1) is 24.3. The van der Waals surface area contributed by atoms with Crippen molar-refractivity contribution in [2.45, 2.75) is 0 Å². The molecule has 0 aliphatic heterocycles. The third kappa shape index (κ3) is 3.65. The third-order valence-corrected chi connectivity index (χ3v) is 10.7. The van der Waals surface area contributed by atoms with Gasteiger partial charge in [0.2, 0.25) is 0 Å². The predicted octanol–water partition coefficient (Wildman–Crippen LogP) is 13.3. The lowest BCUT2D eigenvalue weighted by molar-refractivity contribution is 1.37. The Kier molecular flexibility index (Phi) is 5.45. The van der Waals surface area contributed by atoms with Gasteiger partial charge >= 0.3 is 0 Å². The van der Waals surface area contributed by atoms with Crippen molar-refractivity contribution in [3.05, 3.63) is 176 Å². The highest BCUT2D eigenvalue weighted by Gasteiger charge is 2.21. The molecule has 9 aromatic carbocycles. The Bertz CT molecular complexity index is 3030. The fraction of sp³-hybridized carbons (Fsp3) is 0. The lowest BCUT2D eigenvalue weighted by Crippen LogP contribution is -1.92. The number of aromatic nitrogens is 1. The van der Waals surface area contributed by atoms with Crippen LogP contribution in [-0.4, -0.2) is 4.40 Å². The summed E-state index contributed by atoms with van der Waals surface area (Å²) in [5.74, 6) is 0. The second-order valence-corrected chi connectivity index (χ2v) is 13.2. The minimum atomic E-state index is 1.24. The Morgan fingerprint density at radius 3 is 1.43 bits per heavy atom. The van der Waals surface area contributed by atoms with Gasteiger partial charge in [0.25, 0.3) is 0 Å². The highest BCUT2D eigenvalue weighted by Crippen LogP contribution is 2.47. The van der Waals surface area contributed by atoms with E-state index in [1.807, 2.05) is 0 Å². The Morgan fingerprint density at radius 1 is 0.265 bits per heavy atom. The average Bonchev–Trinajstić information content (AvgIpc) is 3.69. The van der Waals surface area contributed by atoms with Crippen LogP contribution in [0, 0.1) is 0 Å². The van der Waals surface area contributed by atoms with Gasteiger partial charge in [-0.3, -0.25) is 0 Å². The Labute approximate surface area is 283 Å². The summed E-state index contributed by atoms with van der Waals surface area (Å²) in [4.78, 5) is 0. The molecule has 1 nitrogen and oxygen atoms in total. The van der Waals surface area contributed by atoms with Gasteiger partial charge in [0.15, 0.2) is 0 Å². The zero-order valence-electron chi connectivity index (χ0n) is 26.7. The van der Waals surface area contributed by atoms with Crippen LogP contribution in [0.15, 0.2) is 176 Å². The summed E-state index contributed by atoms with van der Waals surface area (Å²) in [5, 5.41) is 12.8. The maximum Gasteiger partial charge on any atom is 0.0620 e. The molecule has 0 fully saturated rings. The van der Waals surface area contributed by atoms with Gasteiger partial charge in [-0.1, -0.05) is 164 Å². The molecule has 11 rings (SSSR count). The fourth-order valence-corrected chi connectivity index (χ4v) is 8.70. The molecule has 0 saturated heterocycles. The minimum Gasteiger partial charge on any atom is -0.308 e. The van der Waals surface area contributed by atoms with Crippen LogP contribution >= 0.6 is 0 Å². The lowest BCUT2D eigenvalue weighted by atomic mass is 9.83. The van der Waals surface area contributed by atoms with Crippen LogP contribution in [0.4, 0.5) is 0 Å². The zero-order chi connectivity index (χ0) is 32.1. The number of para-hydroxylation sites is 2. The number of hydrogen-bond donors (Lipinski definition) is 0. The number of hydrogen-bond acceptors (Lipinski definition) is 0. The van der Waals surface area contributed by atoms with Crippen molar-refractivity contribution < 1.29 is 0 Å². The monoisotopic (exact) mass is 619 g/mol. The van der Waals surface area contributed by atoms with E-state index < -0.39 is 0 Å². The quantitative estimate of drug-likeness (QED) is 0.173. The van der Waals surface area contributed by atoms with E-state index in [1.165, 1.54) is 104 Å². The van der Waals surface area contributed by atoms with Gasteiger partial charge in [0.05, 0.1) is 16.6 Å². The third-order valence-electron chi connectivity index (χ3n) is 10.7. The molecule has 0 N–H and O–H groups in total. The highest BCUT2D eigenvalue weighted by molar-refractivity contribution is 6.26. The molecular formula is C48H29N. The second-order valence-electron chi connectivity index (χ2n) is 13.2. The molecule has 0 saturated carbocycles. The molecule has 0 radical (unpaired) electrons. The largest absolute Gasteiger partial charge is 0.308 e. The number of nitrogens with zero attached hydrogens (tertiary/aromatic N) is 1. The van der Waals surface area contributed by atoms with E-state index >= 15 is 0 Å². The average molecular weight is 620 g/mol. The molecule has 2 aromatic heterocycles. The van der Waals surface area contributed by atoms with Crippen molar-refractivity contribution in [3.8, 4) is 33.4 Å². The van der Waals surface area contributed by atoms with Crippen molar-refractivity contribution in [1.82, 2.24) is 4.40 Å². The number of benzene rings is 9. The predicted molar refractivity (Wildman–Crippen MR) is 210 cm³/mol. The molecule has 0 spiro atoms. The SMILES string of the molecule is c1ccc(-c2ccc(-c3c4ccccc4c(-c4ccc5c6cccc7c8ccccc8n(c5c4)c76)c4ccccc34)c3ccccc23)cc1. The van der Waals surface area contributed by atoms with Crippen LogP contribution in [0.25, 0.3) is 104 Å². The molecule has 1 heteroatoms. The Balaban J connectivity index is 1.23. The maximum atomic E-state index is 2.48. The van der Waals surface area contributed by atoms with Crippen molar-refractivity contribution in [2.75, 3.05) is 0 Å². The molecule has 0 bridgehead atoms. The van der Waals surface area contributed by atoms with Gasteiger partial charge < -0.3 is 4.40 Å². The number of rotatable bonds is 3. The van der Waals surface area contributed by atoms with Crippen LogP contribution in [-0.2, 0) is 0 Å². The van der Waals surface area contributed by atoms with E-state index in [-0.39, 0.29) is 0 Å². The van der Waals surface area contributed by atoms with E-state index in [9.17, 15) is 0 Å². The highest BCUT2D eigenvalue weighted by atomic mass is 14.9. The van der Waals surface area contributed by atoms with E-state index in [2.05, 4.69) is 180 Å². The van der Waals surface area contributed by atoms with Crippen molar-refractivity contribution in [1.29, 1.82) is 0 Å². The van der Waals surface area contributed by atoms with Crippen molar-refractivity contribution in [2.24, 2.45) is 0 Å². The normalized spacial score (nSPS) is 12.1. The topological polar surface area (TPSA) is 4.41 Å². The van der Waals surface area contributed by atoms with Crippen molar-refractivity contribution in [3.63, 3.8) is 0 Å². The van der Waals surface area contributed by atoms with E-state index in [0.717, 1.165) is 0 Å². The zero-order valence-corrected chi connectivity index (χ0v) is 26.7. The van der Waals surface area contributed by atoms with E-state index in [0.29, 0.717) is 0 Å². The first-order valence-corrected chi connectivity index (χ1v) is 17.0. The van der Waals surface area contributed by atoms with Gasteiger partial charge in [0.1, 0.15) is 0 Å². The molecule has 0 amide bonds. The Hall–Kier alpha value is -6.44. The molecule has 0 aliphatic rings. The van der Waals surface area contributed by atoms with Gasteiger partial charge in [-0.15, -0.1) is 0 Å². The van der Waals surface area contributed by atoms with Gasteiger partial charge in [-0.05, 0) is 77.8 Å². The van der Waals surface area contributed by atoms with Gasteiger partial charge in [-0.2, -0.15) is 0 Å².